The summed E-state index contributed by atoms with van der Waals surface area (Å²) in [5.74, 6) is 5.14. The molecule has 0 radical (unpaired) electrons. The second-order valence-electron chi connectivity index (χ2n) is 31.0. The van der Waals surface area contributed by atoms with Gasteiger partial charge in [0.2, 0.25) is 11.9 Å². The van der Waals surface area contributed by atoms with Gasteiger partial charge in [-0.05, 0) is 231 Å². The van der Waals surface area contributed by atoms with E-state index in [2.05, 4.69) is 98.3 Å². The normalized spacial score (nSPS) is 11.8. The fourth-order valence-electron chi connectivity index (χ4n) is 14.0. The number of rotatable bonds is 19. The second-order valence-corrected chi connectivity index (χ2v) is 34.2. The van der Waals surface area contributed by atoms with Gasteiger partial charge in [-0.1, -0.05) is 186 Å². The van der Waals surface area contributed by atoms with Crippen molar-refractivity contribution in [2.75, 3.05) is 37.6 Å². The largest absolute Gasteiger partial charge is 0.444 e. The van der Waals surface area contributed by atoms with Crippen LogP contribution in [0.25, 0.3) is 32.9 Å². The fraction of sp³-hybridized carbons (Fsp3) is 0.198. The van der Waals surface area contributed by atoms with Gasteiger partial charge in [0, 0.05) is 81.4 Å². The minimum Gasteiger partial charge on any atom is -0.444 e. The second kappa shape index (κ2) is 48.3. The zero-order valence-corrected chi connectivity index (χ0v) is 78.4. The summed E-state index contributed by atoms with van der Waals surface area (Å²) >= 11 is 22.9. The van der Waals surface area contributed by atoms with Gasteiger partial charge in [0.1, 0.15) is 11.4 Å². The molecular weight excluding hydrogens is 1890 g/mol. The van der Waals surface area contributed by atoms with E-state index in [0.717, 1.165) is 87.9 Å². The molecule has 11 aromatic carbocycles. The molecule has 0 aliphatic carbocycles. The molecule has 1 fully saturated rings. The SMILES string of the molecule is CC(=O)N1CCN(c2ncc(-c3ccc4c(=O)n(Cc5cccc(C#N)c5)n(Cc5ccccc5Cl)c4c3)cn2)C[C@H]1C.CC(C)(C)OC(=O)NCCc1cccc(C#N)c1.N#Cc1cccc(CBr)c1.N#Cc1cccc(CCN)c1.N#Cc1cccc(CN(N)C(=O)c2ccc(Br)cc2F)c1.N#Cc1cccc(Cn2c(=O)c3ccc(Br)cc3n2Cc2ccccc2Cl)c1. The van der Waals surface area contributed by atoms with Crippen molar-refractivity contribution < 1.29 is 23.5 Å². The van der Waals surface area contributed by atoms with Crippen LogP contribution >= 0.6 is 71.0 Å². The first-order valence-corrected chi connectivity index (χ1v) is 44.6. The molecule has 4 heterocycles. The Hall–Kier alpha value is -14.1. The Morgan fingerprint density at radius 3 is 1.41 bits per heavy atom. The van der Waals surface area contributed by atoms with Crippen LogP contribution in [0.3, 0.4) is 0 Å². The summed E-state index contributed by atoms with van der Waals surface area (Å²) in [7, 11) is 0. The standard InChI is InChI=1S/C33H30ClN7O2.C22H15BrClN3O.C15H11BrFN3O.C14H18N2O2.C9H10N2.C8H6BrN/c1-22-19-38(12-13-39(22)23(2)42)33-36-17-28(18-37-33)26-10-11-29-31(15-26)40(21-27-8-3-4-9-30(27)34)41(32(29)43)20-25-7-5-6-24(14-25)16-35;23-18-8-9-19-21(11-18)26(14-17-6-1-2-7-20(17)24)27(22(19)28)13-16-5-3-4-15(10-16)12-25;16-12-4-5-13(14(17)7-12)15(21)20(19)9-11-3-1-2-10(6-11)8-18;1-14(2,3)18-13(17)16-8-7-11-5-4-6-12(9-11)10-15;10-5-4-8-2-1-3-9(6-8)7-11;9-5-7-2-1-3-8(4-7)6-10/h3-11,14-15,17-18,22H,12-13,19-21H2,1-2H3;1-11H,13-14H2;1-7H,9,19H2;4-6,9H,7-8H2,1-3H3,(H,16,17);1-3,6H,4-5,10H2;1-4H,5H2/t22-;;;;;/m1...../s1. The van der Waals surface area contributed by atoms with E-state index < -0.39 is 23.4 Å². The Labute approximate surface area is 793 Å². The number of carbonyl (C=O) groups excluding carboxylic acids is 3. The van der Waals surface area contributed by atoms with E-state index in [-0.39, 0.29) is 35.2 Å². The van der Waals surface area contributed by atoms with Crippen LogP contribution in [0, 0.1) is 73.8 Å². The molecule has 1 aliphatic rings. The lowest BCUT2D eigenvalue weighted by atomic mass is 10.1. The van der Waals surface area contributed by atoms with Crippen LogP contribution in [-0.2, 0) is 60.4 Å². The van der Waals surface area contributed by atoms with Crippen molar-refractivity contribution in [1.82, 2.24) is 43.9 Å². The minimum atomic E-state index is -0.643. The lowest BCUT2D eigenvalue weighted by molar-refractivity contribution is -0.131. The van der Waals surface area contributed by atoms with Crippen molar-refractivity contribution in [2.24, 2.45) is 11.6 Å². The predicted molar refractivity (Wildman–Crippen MR) is 518 cm³/mol. The van der Waals surface area contributed by atoms with Gasteiger partial charge in [0.15, 0.2) is 0 Å². The van der Waals surface area contributed by atoms with Crippen molar-refractivity contribution in [3.05, 3.63) is 390 Å². The summed E-state index contributed by atoms with van der Waals surface area (Å²) in [5.41, 5.74) is 19.1. The molecule has 5 N–H and O–H groups in total. The molecule has 0 unspecified atom stereocenters. The Morgan fingerprint density at radius 2 is 0.954 bits per heavy atom. The predicted octanol–water partition coefficient (Wildman–Crippen LogP) is 19.2. The number of hydrogen-bond acceptors (Lipinski definition) is 17. The van der Waals surface area contributed by atoms with Gasteiger partial charge in [-0.2, -0.15) is 31.6 Å². The quantitative estimate of drug-likeness (QED) is 0.0293. The number of hydrazine groups is 1. The smallest absolute Gasteiger partial charge is 0.407 e. The van der Waals surface area contributed by atoms with Crippen LogP contribution in [0.1, 0.15) is 123 Å². The topological polar surface area (TPSA) is 357 Å². The molecule has 24 nitrogen and oxygen atoms in total. The van der Waals surface area contributed by atoms with Gasteiger partial charge >= 0.3 is 6.09 Å². The molecule has 662 valence electrons. The molecule has 1 aliphatic heterocycles. The number of alkyl carbamates (subject to hydrolysis) is 1. The Kier molecular flexibility index (Phi) is 36.5. The first-order chi connectivity index (χ1) is 63.0. The highest BCUT2D eigenvalue weighted by Gasteiger charge is 2.28. The third kappa shape index (κ3) is 28.4. The maximum absolute atomic E-state index is 13.7. The van der Waals surface area contributed by atoms with E-state index in [0.29, 0.717) is 130 Å². The van der Waals surface area contributed by atoms with Gasteiger partial charge in [0.25, 0.3) is 17.0 Å². The highest BCUT2D eigenvalue weighted by Crippen LogP contribution is 2.29. The number of amides is 3. The van der Waals surface area contributed by atoms with Crippen molar-refractivity contribution in [2.45, 2.75) is 97.2 Å². The van der Waals surface area contributed by atoms with E-state index in [1.54, 1.807) is 101 Å². The Bertz CT molecular complexity index is 6830. The van der Waals surface area contributed by atoms with Crippen molar-refractivity contribution in [3.8, 4) is 47.5 Å². The molecular formula is C101H90Br3Cl2FN18O6. The molecule has 30 heteroatoms. The Balaban J connectivity index is 0.000000176. The highest BCUT2D eigenvalue weighted by atomic mass is 79.9. The molecule has 131 heavy (non-hydrogen) atoms. The number of nitriles is 6. The summed E-state index contributed by atoms with van der Waals surface area (Å²) < 4.78 is 27.6. The first-order valence-electron chi connectivity index (χ1n) is 41.2. The maximum Gasteiger partial charge on any atom is 0.407 e. The number of halogens is 6. The third-order valence-electron chi connectivity index (χ3n) is 20.3. The molecule has 1 saturated heterocycles. The monoisotopic (exact) mass is 1980 g/mol. The number of anilines is 1. The van der Waals surface area contributed by atoms with Crippen LogP contribution in [-0.4, -0.2) is 101 Å². The number of fused-ring (bicyclic) bond motifs is 2. The lowest BCUT2D eigenvalue weighted by Crippen LogP contribution is -2.53. The lowest BCUT2D eigenvalue weighted by Gasteiger charge is -2.39. The number of nitrogens with two attached hydrogens (primary N) is 2. The fourth-order valence-corrected chi connectivity index (χ4v) is 15.4. The molecule has 3 aromatic heterocycles. The van der Waals surface area contributed by atoms with Crippen LogP contribution in [0.4, 0.5) is 15.1 Å². The zero-order valence-electron chi connectivity index (χ0n) is 72.2. The van der Waals surface area contributed by atoms with Crippen molar-refractivity contribution in [1.29, 1.82) is 31.6 Å². The van der Waals surface area contributed by atoms with Crippen LogP contribution in [0.2, 0.25) is 10.0 Å². The molecule has 0 spiro atoms. The van der Waals surface area contributed by atoms with E-state index >= 15 is 0 Å². The van der Waals surface area contributed by atoms with Crippen molar-refractivity contribution >= 4 is 117 Å². The number of carbonyl (C=O) groups is 3. The maximum atomic E-state index is 13.7. The van der Waals surface area contributed by atoms with Gasteiger partial charge in [-0.25, -0.2) is 34.4 Å². The number of nitrogens with zero attached hydrogens (tertiary/aromatic N) is 15. The molecule has 15 rings (SSSR count). The molecule has 14 aromatic rings. The molecule has 0 saturated carbocycles. The number of piperazine rings is 1. The summed E-state index contributed by atoms with van der Waals surface area (Å²) in [6.07, 6.45) is 4.70. The summed E-state index contributed by atoms with van der Waals surface area (Å²) in [6.45, 7) is 13.8. The van der Waals surface area contributed by atoms with Gasteiger partial charge in [0.05, 0.1) is 130 Å². The number of alkyl halides is 1. The summed E-state index contributed by atoms with van der Waals surface area (Å²) in [4.78, 5) is 75.5. The average Bonchev–Trinajstić information content (AvgIpc) is 1.62. The van der Waals surface area contributed by atoms with Crippen molar-refractivity contribution in [3.63, 3.8) is 0 Å². The summed E-state index contributed by atoms with van der Waals surface area (Å²) in [5, 5.41) is 60.1. The average molecular weight is 1980 g/mol. The van der Waals surface area contributed by atoms with Gasteiger partial charge in [-0.15, -0.1) is 0 Å². The number of hydrogen-bond donors (Lipinski definition) is 3. The van der Waals surface area contributed by atoms with Gasteiger partial charge in [-0.3, -0.25) is 33.6 Å². The number of ether oxygens (including phenoxy) is 1. The highest BCUT2D eigenvalue weighted by molar-refractivity contribution is 9.10. The number of aromatic nitrogens is 6. The van der Waals surface area contributed by atoms with E-state index in [4.69, 9.17) is 65.8 Å². The Morgan fingerprint density at radius 1 is 0.527 bits per heavy atom. The van der Waals surface area contributed by atoms with E-state index in [1.807, 2.05) is 212 Å². The molecule has 0 bridgehead atoms. The third-order valence-corrected chi connectivity index (χ3v) is 22.7. The van der Waals surface area contributed by atoms with Crippen LogP contribution < -0.4 is 32.9 Å². The number of nitrogens with one attached hydrogen (secondary N) is 1. The van der Waals surface area contributed by atoms with Crippen LogP contribution in [0.15, 0.2) is 280 Å². The first kappa shape index (κ1) is 99.0. The molecule has 1 atom stereocenters. The van der Waals surface area contributed by atoms with Gasteiger partial charge < -0.3 is 25.6 Å². The van der Waals surface area contributed by atoms with E-state index in [9.17, 15) is 33.6 Å². The minimum absolute atomic E-state index is 0.0723. The van der Waals surface area contributed by atoms with Crippen LogP contribution in [0.5, 0.6) is 0 Å². The summed E-state index contributed by atoms with van der Waals surface area (Å²) in [6, 6.07) is 87.1. The molecule has 3 amide bonds. The van der Waals surface area contributed by atoms with E-state index in [1.165, 1.54) is 12.1 Å². The zero-order chi connectivity index (χ0) is 94.3. The number of benzene rings is 11.